The Morgan fingerprint density at radius 1 is 1.57 bits per heavy atom. The van der Waals surface area contributed by atoms with E-state index >= 15 is 0 Å². The van der Waals surface area contributed by atoms with E-state index in [0.717, 1.165) is 17.1 Å². The van der Waals surface area contributed by atoms with Crippen molar-refractivity contribution in [3.8, 4) is 0 Å². The maximum atomic E-state index is 10.9. The van der Waals surface area contributed by atoms with Gasteiger partial charge in [-0.1, -0.05) is 0 Å². The summed E-state index contributed by atoms with van der Waals surface area (Å²) in [5.41, 5.74) is 0.771. The monoisotopic (exact) mass is 215 g/mol. The predicted molar refractivity (Wildman–Crippen MR) is 53.4 cm³/mol. The van der Waals surface area contributed by atoms with Gasteiger partial charge in [0.2, 0.25) is 0 Å². The number of ether oxygens (including phenoxy) is 2. The Balaban J connectivity index is 2.46. The minimum atomic E-state index is -0.256. The van der Waals surface area contributed by atoms with Crippen molar-refractivity contribution in [2.75, 3.05) is 20.8 Å². The van der Waals surface area contributed by atoms with Crippen LogP contribution in [0.5, 0.6) is 0 Å². The van der Waals surface area contributed by atoms with E-state index in [1.54, 1.807) is 18.4 Å². The molecule has 4 nitrogen and oxygen atoms in total. The van der Waals surface area contributed by atoms with Gasteiger partial charge in [-0.3, -0.25) is 4.79 Å². The molecule has 0 amide bonds. The second kappa shape index (κ2) is 5.72. The fraction of sp³-hybridized carbons (Fsp3) is 0.556. The number of hydrogen-bond acceptors (Lipinski definition) is 5. The number of esters is 1. The van der Waals surface area contributed by atoms with E-state index in [0.29, 0.717) is 6.61 Å². The van der Waals surface area contributed by atoms with Crippen LogP contribution < -0.4 is 0 Å². The normalized spacial score (nSPS) is 10.1. The molecule has 0 aliphatic carbocycles. The molecule has 0 fully saturated rings. The van der Waals surface area contributed by atoms with Gasteiger partial charge in [0.25, 0.3) is 0 Å². The fourth-order valence-corrected chi connectivity index (χ4v) is 1.73. The zero-order valence-electron chi connectivity index (χ0n) is 8.28. The average molecular weight is 215 g/mol. The van der Waals surface area contributed by atoms with Crippen molar-refractivity contribution in [2.45, 2.75) is 12.8 Å². The molecule has 1 rings (SSSR count). The van der Waals surface area contributed by atoms with Crippen LogP contribution in [0.1, 0.15) is 10.7 Å². The summed E-state index contributed by atoms with van der Waals surface area (Å²) in [7, 11) is 3.03. The molecule has 14 heavy (non-hydrogen) atoms. The van der Waals surface area contributed by atoms with E-state index in [1.165, 1.54) is 7.11 Å². The molecule has 0 atom stereocenters. The summed E-state index contributed by atoms with van der Waals surface area (Å²) in [4.78, 5) is 15.2. The molecular weight excluding hydrogens is 202 g/mol. The summed E-state index contributed by atoms with van der Waals surface area (Å²) in [6.07, 6.45) is 1.04. The van der Waals surface area contributed by atoms with Crippen molar-refractivity contribution >= 4 is 17.3 Å². The Morgan fingerprint density at radius 3 is 3.00 bits per heavy atom. The van der Waals surface area contributed by atoms with Crippen molar-refractivity contribution in [1.29, 1.82) is 0 Å². The maximum Gasteiger partial charge on any atom is 0.311 e. The summed E-state index contributed by atoms with van der Waals surface area (Å²) >= 11 is 1.54. The summed E-state index contributed by atoms with van der Waals surface area (Å²) in [6.45, 7) is 0.658. The van der Waals surface area contributed by atoms with E-state index in [4.69, 9.17) is 4.74 Å². The zero-order chi connectivity index (χ0) is 10.4. The van der Waals surface area contributed by atoms with Gasteiger partial charge in [0.1, 0.15) is 0 Å². The lowest BCUT2D eigenvalue weighted by Gasteiger charge is -1.95. The van der Waals surface area contributed by atoms with Gasteiger partial charge in [0.15, 0.2) is 0 Å². The average Bonchev–Trinajstić information content (AvgIpc) is 2.62. The number of carbonyl (C=O) groups excluding carboxylic acids is 1. The Labute approximate surface area is 86.9 Å². The molecule has 78 valence electrons. The van der Waals surface area contributed by atoms with Crippen molar-refractivity contribution in [3.63, 3.8) is 0 Å². The second-order valence-electron chi connectivity index (χ2n) is 2.73. The van der Waals surface area contributed by atoms with Crippen LogP contribution in [-0.2, 0) is 27.1 Å². The van der Waals surface area contributed by atoms with Gasteiger partial charge in [-0.2, -0.15) is 0 Å². The van der Waals surface area contributed by atoms with E-state index in [2.05, 4.69) is 9.72 Å². The Kier molecular flexibility index (Phi) is 4.55. The van der Waals surface area contributed by atoms with Crippen LogP contribution in [0.3, 0.4) is 0 Å². The van der Waals surface area contributed by atoms with Crippen LogP contribution in [0.2, 0.25) is 0 Å². The van der Waals surface area contributed by atoms with Crippen LogP contribution in [-0.4, -0.2) is 31.8 Å². The number of rotatable bonds is 5. The lowest BCUT2D eigenvalue weighted by atomic mass is 10.3. The van der Waals surface area contributed by atoms with Crippen molar-refractivity contribution in [3.05, 3.63) is 16.1 Å². The summed E-state index contributed by atoms with van der Waals surface area (Å²) in [5, 5.41) is 2.87. The molecule has 1 aromatic rings. The van der Waals surface area contributed by atoms with Gasteiger partial charge in [-0.25, -0.2) is 4.98 Å². The van der Waals surface area contributed by atoms with Crippen LogP contribution >= 0.6 is 11.3 Å². The third kappa shape index (κ3) is 3.43. The summed E-state index contributed by atoms with van der Waals surface area (Å²) < 4.78 is 9.48. The quantitative estimate of drug-likeness (QED) is 0.689. The van der Waals surface area contributed by atoms with Crippen molar-refractivity contribution in [2.24, 2.45) is 0 Å². The highest BCUT2D eigenvalue weighted by atomic mass is 32.1. The first-order chi connectivity index (χ1) is 6.76. The second-order valence-corrected chi connectivity index (χ2v) is 3.67. The van der Waals surface area contributed by atoms with E-state index in [1.807, 2.05) is 5.38 Å². The van der Waals surface area contributed by atoms with E-state index < -0.39 is 0 Å². The topological polar surface area (TPSA) is 48.4 Å². The van der Waals surface area contributed by atoms with E-state index in [9.17, 15) is 4.79 Å². The number of methoxy groups -OCH3 is 2. The molecule has 0 bridgehead atoms. The number of aromatic nitrogens is 1. The highest BCUT2D eigenvalue weighted by molar-refractivity contribution is 7.09. The summed E-state index contributed by atoms with van der Waals surface area (Å²) in [5.74, 6) is -0.256. The molecule has 0 radical (unpaired) electrons. The molecule has 0 aliphatic heterocycles. The van der Waals surface area contributed by atoms with Gasteiger partial charge >= 0.3 is 5.97 Å². The predicted octanol–water partition coefficient (Wildman–Crippen LogP) is 1.05. The standard InChI is InChI=1S/C9H13NO3S/c1-12-4-3-8-10-7(6-14-8)5-9(11)13-2/h6H,3-5H2,1-2H3. The van der Waals surface area contributed by atoms with Gasteiger partial charge in [0.05, 0.1) is 30.8 Å². The largest absolute Gasteiger partial charge is 0.469 e. The van der Waals surface area contributed by atoms with Gasteiger partial charge in [0, 0.05) is 18.9 Å². The fourth-order valence-electron chi connectivity index (χ4n) is 0.954. The van der Waals surface area contributed by atoms with E-state index in [-0.39, 0.29) is 12.4 Å². The molecule has 0 spiro atoms. The molecule has 0 N–H and O–H groups in total. The van der Waals surface area contributed by atoms with Crippen LogP contribution in [0.15, 0.2) is 5.38 Å². The number of hydrogen-bond donors (Lipinski definition) is 0. The number of carbonyl (C=O) groups is 1. The molecule has 0 saturated carbocycles. The Bertz CT molecular complexity index is 298. The van der Waals surface area contributed by atoms with Crippen LogP contribution in [0.25, 0.3) is 0 Å². The third-order valence-corrected chi connectivity index (χ3v) is 2.63. The third-order valence-electron chi connectivity index (χ3n) is 1.67. The first kappa shape index (κ1) is 11.1. The lowest BCUT2D eigenvalue weighted by molar-refractivity contribution is -0.139. The zero-order valence-corrected chi connectivity index (χ0v) is 9.10. The van der Waals surface area contributed by atoms with Crippen molar-refractivity contribution < 1.29 is 14.3 Å². The SMILES string of the molecule is COCCc1nc(CC(=O)OC)cs1. The lowest BCUT2D eigenvalue weighted by Crippen LogP contribution is -2.04. The highest BCUT2D eigenvalue weighted by Gasteiger charge is 2.06. The van der Waals surface area contributed by atoms with Gasteiger partial charge in [-0.15, -0.1) is 11.3 Å². The smallest absolute Gasteiger partial charge is 0.311 e. The maximum absolute atomic E-state index is 10.9. The molecule has 0 saturated heterocycles. The van der Waals surface area contributed by atoms with Gasteiger partial charge < -0.3 is 9.47 Å². The highest BCUT2D eigenvalue weighted by Crippen LogP contribution is 2.11. The molecule has 0 aliphatic rings. The number of nitrogens with zero attached hydrogens (tertiary/aromatic N) is 1. The van der Waals surface area contributed by atoms with Crippen LogP contribution in [0, 0.1) is 0 Å². The first-order valence-corrected chi connectivity index (χ1v) is 5.13. The molecule has 0 unspecified atom stereocenters. The van der Waals surface area contributed by atoms with Gasteiger partial charge in [-0.05, 0) is 0 Å². The minimum absolute atomic E-state index is 0.250. The van der Waals surface area contributed by atoms with Crippen LogP contribution in [0.4, 0.5) is 0 Å². The molecular formula is C9H13NO3S. The van der Waals surface area contributed by atoms with Crippen molar-refractivity contribution in [1.82, 2.24) is 4.98 Å². The Hall–Kier alpha value is -0.940. The number of thiazole rings is 1. The molecule has 1 aromatic heterocycles. The minimum Gasteiger partial charge on any atom is -0.469 e. The molecule has 0 aromatic carbocycles. The molecule has 5 heteroatoms. The Morgan fingerprint density at radius 2 is 2.36 bits per heavy atom. The molecule has 1 heterocycles. The summed E-state index contributed by atoms with van der Waals surface area (Å²) in [6, 6.07) is 0. The first-order valence-electron chi connectivity index (χ1n) is 4.25.